The number of rotatable bonds is 3. The first kappa shape index (κ1) is 15.0. The van der Waals surface area contributed by atoms with Gasteiger partial charge in [-0.3, -0.25) is 0 Å². The maximum absolute atomic E-state index is 6.31. The lowest BCUT2D eigenvalue weighted by Crippen LogP contribution is -2.17. The van der Waals surface area contributed by atoms with Gasteiger partial charge >= 0.3 is 0 Å². The molecule has 1 unspecified atom stereocenters. The predicted octanol–water partition coefficient (Wildman–Crippen LogP) is 4.97. The van der Waals surface area contributed by atoms with E-state index in [9.17, 15) is 0 Å². The lowest BCUT2D eigenvalue weighted by atomic mass is 10.00. The third-order valence-electron chi connectivity index (χ3n) is 3.57. The Labute approximate surface area is 138 Å². The minimum atomic E-state index is 0.0974. The number of halogens is 3. The summed E-state index contributed by atoms with van der Waals surface area (Å²) >= 11 is 18.6. The summed E-state index contributed by atoms with van der Waals surface area (Å²) in [5.41, 5.74) is 8.42. The first-order valence-corrected chi connectivity index (χ1v) is 7.86. The molecule has 1 aliphatic heterocycles. The molecule has 2 aromatic carbocycles. The van der Waals surface area contributed by atoms with Crippen LogP contribution in [0.25, 0.3) is 11.1 Å². The second-order valence-corrected chi connectivity index (χ2v) is 6.37. The molecule has 5 heteroatoms. The van der Waals surface area contributed by atoms with E-state index in [1.807, 2.05) is 18.2 Å². The summed E-state index contributed by atoms with van der Waals surface area (Å²) in [6.07, 6.45) is 1.73. The summed E-state index contributed by atoms with van der Waals surface area (Å²) in [4.78, 5) is 0. The minimum absolute atomic E-state index is 0.0974. The summed E-state index contributed by atoms with van der Waals surface area (Å²) < 4.78 is 6.04. The number of ether oxygens (including phenoxy) is 1. The zero-order chi connectivity index (χ0) is 15.0. The van der Waals surface area contributed by atoms with E-state index < -0.39 is 0 Å². The number of hydrogen-bond donors (Lipinski definition) is 1. The van der Waals surface area contributed by atoms with Crippen LogP contribution in [-0.4, -0.2) is 12.6 Å². The predicted molar refractivity (Wildman–Crippen MR) is 88.7 cm³/mol. The van der Waals surface area contributed by atoms with Gasteiger partial charge < -0.3 is 10.5 Å². The average molecular weight is 343 g/mol. The normalized spacial score (nSPS) is 16.7. The quantitative estimate of drug-likeness (QED) is 0.855. The second kappa shape index (κ2) is 6.05. The molecule has 21 heavy (non-hydrogen) atoms. The molecular weight excluding hydrogens is 329 g/mol. The molecule has 110 valence electrons. The van der Waals surface area contributed by atoms with E-state index in [1.54, 1.807) is 12.1 Å². The number of nitrogens with two attached hydrogens (primary N) is 1. The molecule has 0 amide bonds. The highest BCUT2D eigenvalue weighted by molar-refractivity contribution is 6.35. The fourth-order valence-electron chi connectivity index (χ4n) is 2.65. The average Bonchev–Trinajstić information content (AvgIpc) is 2.83. The summed E-state index contributed by atoms with van der Waals surface area (Å²) in [5, 5.41) is 1.91. The summed E-state index contributed by atoms with van der Waals surface area (Å²) in [6.45, 7) is 0.597. The van der Waals surface area contributed by atoms with Gasteiger partial charge in [0.1, 0.15) is 11.9 Å². The molecule has 2 N–H and O–H groups in total. The van der Waals surface area contributed by atoms with Crippen molar-refractivity contribution in [2.45, 2.75) is 18.9 Å². The molecule has 0 saturated carbocycles. The van der Waals surface area contributed by atoms with Crippen LogP contribution in [0.5, 0.6) is 5.75 Å². The van der Waals surface area contributed by atoms with Gasteiger partial charge in [0, 0.05) is 32.6 Å². The first-order chi connectivity index (χ1) is 10.1. The summed E-state index contributed by atoms with van der Waals surface area (Å²) in [6, 6.07) is 9.17. The van der Waals surface area contributed by atoms with E-state index in [0.717, 1.165) is 35.3 Å². The molecule has 0 spiro atoms. The van der Waals surface area contributed by atoms with E-state index in [2.05, 4.69) is 0 Å². The Morgan fingerprint density at radius 2 is 1.81 bits per heavy atom. The van der Waals surface area contributed by atoms with Crippen LogP contribution in [0, 0.1) is 0 Å². The van der Waals surface area contributed by atoms with Crippen molar-refractivity contribution in [1.29, 1.82) is 0 Å². The smallest absolute Gasteiger partial charge is 0.131 e. The standard InChI is InChI=1S/C16H14Cl3NO/c17-10-1-2-15(19)13(7-10)14-8-11(18)5-9-6-12(3-4-20)21-16(9)14/h1-2,5,7-8,12H,3-4,6,20H2. The molecule has 0 fully saturated rings. The van der Waals surface area contributed by atoms with Gasteiger partial charge in [-0.15, -0.1) is 0 Å². The summed E-state index contributed by atoms with van der Waals surface area (Å²) in [5.74, 6) is 0.835. The lowest BCUT2D eigenvalue weighted by molar-refractivity contribution is 0.225. The van der Waals surface area contributed by atoms with E-state index >= 15 is 0 Å². The van der Waals surface area contributed by atoms with Crippen molar-refractivity contribution in [2.24, 2.45) is 5.73 Å². The van der Waals surface area contributed by atoms with Crippen LogP contribution in [0.4, 0.5) is 0 Å². The molecular formula is C16H14Cl3NO. The van der Waals surface area contributed by atoms with Crippen molar-refractivity contribution < 1.29 is 4.74 Å². The zero-order valence-electron chi connectivity index (χ0n) is 11.2. The Balaban J connectivity index is 2.11. The first-order valence-electron chi connectivity index (χ1n) is 6.73. The van der Waals surface area contributed by atoms with Gasteiger partial charge in [0.15, 0.2) is 0 Å². The Morgan fingerprint density at radius 1 is 1.05 bits per heavy atom. The van der Waals surface area contributed by atoms with E-state index in [1.165, 1.54) is 0 Å². The van der Waals surface area contributed by atoms with Crippen molar-refractivity contribution in [2.75, 3.05) is 6.54 Å². The van der Waals surface area contributed by atoms with Gasteiger partial charge in [-0.25, -0.2) is 0 Å². The van der Waals surface area contributed by atoms with Crippen molar-refractivity contribution >= 4 is 34.8 Å². The number of fused-ring (bicyclic) bond motifs is 1. The SMILES string of the molecule is NCCC1Cc2cc(Cl)cc(-c3cc(Cl)ccc3Cl)c2O1. The van der Waals surface area contributed by atoms with E-state index in [4.69, 9.17) is 45.3 Å². The summed E-state index contributed by atoms with van der Waals surface area (Å²) in [7, 11) is 0. The Kier molecular flexibility index (Phi) is 4.32. The Bertz CT molecular complexity index is 687. The fraction of sp³-hybridized carbons (Fsp3) is 0.250. The Morgan fingerprint density at radius 3 is 2.57 bits per heavy atom. The van der Waals surface area contributed by atoms with Crippen LogP contribution < -0.4 is 10.5 Å². The molecule has 0 bridgehead atoms. The maximum atomic E-state index is 6.31. The molecule has 0 radical (unpaired) electrons. The molecule has 2 aromatic rings. The fourth-order valence-corrected chi connectivity index (χ4v) is 3.28. The highest BCUT2D eigenvalue weighted by atomic mass is 35.5. The molecule has 0 aromatic heterocycles. The van der Waals surface area contributed by atoms with Crippen LogP contribution in [0.1, 0.15) is 12.0 Å². The topological polar surface area (TPSA) is 35.2 Å². The highest BCUT2D eigenvalue weighted by Crippen LogP contribution is 2.44. The second-order valence-electron chi connectivity index (χ2n) is 5.09. The van der Waals surface area contributed by atoms with E-state index in [0.29, 0.717) is 21.6 Å². The molecule has 0 aliphatic carbocycles. The van der Waals surface area contributed by atoms with Gasteiger partial charge in [-0.05, 0) is 48.9 Å². The monoisotopic (exact) mass is 341 g/mol. The van der Waals surface area contributed by atoms with Gasteiger partial charge in [0.05, 0.1) is 0 Å². The van der Waals surface area contributed by atoms with Crippen molar-refractivity contribution in [3.63, 3.8) is 0 Å². The molecule has 1 heterocycles. The largest absolute Gasteiger partial charge is 0.489 e. The molecule has 3 rings (SSSR count). The van der Waals surface area contributed by atoms with Crippen LogP contribution >= 0.6 is 34.8 Å². The van der Waals surface area contributed by atoms with E-state index in [-0.39, 0.29) is 6.10 Å². The molecule has 2 nitrogen and oxygen atoms in total. The Hall–Kier alpha value is -0.930. The molecule has 1 atom stereocenters. The highest BCUT2D eigenvalue weighted by Gasteiger charge is 2.26. The van der Waals surface area contributed by atoms with Gasteiger partial charge in [0.25, 0.3) is 0 Å². The number of benzene rings is 2. The van der Waals surface area contributed by atoms with Gasteiger partial charge in [0.2, 0.25) is 0 Å². The molecule has 0 saturated heterocycles. The number of hydrogen-bond acceptors (Lipinski definition) is 2. The van der Waals surface area contributed by atoms with Crippen molar-refractivity contribution in [3.8, 4) is 16.9 Å². The van der Waals surface area contributed by atoms with Gasteiger partial charge in [-0.1, -0.05) is 34.8 Å². The van der Waals surface area contributed by atoms with Crippen molar-refractivity contribution in [3.05, 3.63) is 51.0 Å². The minimum Gasteiger partial charge on any atom is -0.489 e. The third-order valence-corrected chi connectivity index (χ3v) is 4.35. The van der Waals surface area contributed by atoms with Gasteiger partial charge in [-0.2, -0.15) is 0 Å². The lowest BCUT2D eigenvalue weighted by Gasteiger charge is -2.13. The maximum Gasteiger partial charge on any atom is 0.131 e. The molecule has 1 aliphatic rings. The van der Waals surface area contributed by atoms with Crippen molar-refractivity contribution in [1.82, 2.24) is 0 Å². The third kappa shape index (κ3) is 3.00. The van der Waals surface area contributed by atoms with Crippen LogP contribution in [0.2, 0.25) is 15.1 Å². The zero-order valence-corrected chi connectivity index (χ0v) is 13.5. The van der Waals surface area contributed by atoms with Crippen LogP contribution in [-0.2, 0) is 6.42 Å². The van der Waals surface area contributed by atoms with Crippen LogP contribution in [0.3, 0.4) is 0 Å². The van der Waals surface area contributed by atoms with Crippen LogP contribution in [0.15, 0.2) is 30.3 Å².